The van der Waals surface area contributed by atoms with Crippen molar-refractivity contribution in [3.05, 3.63) is 84.1 Å². The minimum atomic E-state index is -0.387. The first-order valence-corrected chi connectivity index (χ1v) is 16.5. The Labute approximate surface area is 283 Å². The Balaban J connectivity index is 0.000000933. The smallest absolute Gasteiger partial charge is 0.410 e. The van der Waals surface area contributed by atoms with Gasteiger partial charge in [-0.25, -0.2) is 9.78 Å². The quantitative estimate of drug-likeness (QED) is 0.227. The summed E-state index contributed by atoms with van der Waals surface area (Å²) in [5.74, 6) is 0.0136. The molecule has 0 bridgehead atoms. The molecule has 1 atom stereocenters. The van der Waals surface area contributed by atoms with Crippen molar-refractivity contribution in [3.63, 3.8) is 0 Å². The molecule has 9 nitrogen and oxygen atoms in total. The van der Waals surface area contributed by atoms with Crippen LogP contribution in [0.1, 0.15) is 97.0 Å². The number of halogens is 1. The number of carbonyl (C=O) groups is 2. The molecule has 0 unspecified atom stereocenters. The van der Waals surface area contributed by atoms with Gasteiger partial charge in [0, 0.05) is 44.7 Å². The number of aromatic nitrogens is 2. The van der Waals surface area contributed by atoms with Crippen molar-refractivity contribution in [2.45, 2.75) is 92.2 Å². The molecule has 0 spiro atoms. The van der Waals surface area contributed by atoms with Crippen LogP contribution in [0.25, 0.3) is 5.57 Å². The molecular weight excluding hydrogens is 600 g/mol. The summed E-state index contributed by atoms with van der Waals surface area (Å²) < 4.78 is 7.15. The van der Waals surface area contributed by atoms with E-state index in [0.717, 1.165) is 79.8 Å². The Morgan fingerprint density at radius 3 is 2.30 bits per heavy atom. The number of amides is 2. The average molecular weight is 659 g/mol. The maximum absolute atomic E-state index is 12.5. The first-order valence-electron chi connectivity index (χ1n) is 16.1. The van der Waals surface area contributed by atoms with Gasteiger partial charge in [0.15, 0.2) is 0 Å². The zero-order chi connectivity index (χ0) is 35.3. The van der Waals surface area contributed by atoms with Crippen LogP contribution in [0.15, 0.2) is 62.2 Å². The third kappa shape index (κ3) is 16.7. The van der Waals surface area contributed by atoms with E-state index in [4.69, 9.17) is 16.3 Å². The number of unbranched alkanes of at least 4 members (excludes halogenated alkanes) is 1. The van der Waals surface area contributed by atoms with Gasteiger partial charge in [0.05, 0.1) is 24.3 Å². The number of piperazine rings is 1. The molecule has 258 valence electrons. The second-order valence-corrected chi connectivity index (χ2v) is 12.2. The van der Waals surface area contributed by atoms with Gasteiger partial charge < -0.3 is 30.6 Å². The molecule has 2 aromatic rings. The summed E-state index contributed by atoms with van der Waals surface area (Å²) in [4.78, 5) is 29.9. The number of ether oxygens (including phenoxy) is 1. The fourth-order valence-electron chi connectivity index (χ4n) is 4.30. The first-order chi connectivity index (χ1) is 21.7. The van der Waals surface area contributed by atoms with Crippen LogP contribution in [0.5, 0.6) is 0 Å². The summed E-state index contributed by atoms with van der Waals surface area (Å²) in [6.07, 6.45) is 8.62. The lowest BCUT2D eigenvalue weighted by atomic mass is 9.91. The van der Waals surface area contributed by atoms with Crippen LogP contribution in [0.3, 0.4) is 0 Å². The number of nitrogens with two attached hydrogens (primary N) is 1. The molecule has 46 heavy (non-hydrogen) atoms. The van der Waals surface area contributed by atoms with Gasteiger partial charge in [0.2, 0.25) is 5.91 Å². The van der Waals surface area contributed by atoms with Gasteiger partial charge in [0.1, 0.15) is 5.60 Å². The van der Waals surface area contributed by atoms with E-state index in [9.17, 15) is 9.59 Å². The van der Waals surface area contributed by atoms with Crippen molar-refractivity contribution in [2.24, 2.45) is 12.8 Å². The fraction of sp³-hybridized carbons (Fsp3) is 0.528. The van der Waals surface area contributed by atoms with Crippen molar-refractivity contribution < 1.29 is 14.3 Å². The van der Waals surface area contributed by atoms with Crippen molar-refractivity contribution in [1.29, 1.82) is 0 Å². The molecule has 4 N–H and O–H groups in total. The monoisotopic (exact) mass is 658 g/mol. The number of hydrogen-bond acceptors (Lipinski definition) is 6. The van der Waals surface area contributed by atoms with Crippen LogP contribution < -0.4 is 16.4 Å². The molecule has 2 amide bonds. The van der Waals surface area contributed by atoms with Crippen LogP contribution in [0.4, 0.5) is 4.79 Å². The lowest BCUT2D eigenvalue weighted by molar-refractivity contribution is -0.121. The molecule has 1 aromatic heterocycles. The van der Waals surface area contributed by atoms with E-state index < -0.39 is 0 Å². The lowest BCUT2D eigenvalue weighted by Crippen LogP contribution is -2.48. The number of nitrogens with zero attached hydrogens (tertiary/aromatic N) is 3. The normalized spacial score (nSPS) is 12.8. The SMILES string of the molecule is C=C(C)CCc1ccc(Cl)cc1C(=C)[C@@H](NC(=O)CCCC)c1cncn1C.C=CN.CC.CC(C)(C)OC(=O)N1CCNCC1. The summed E-state index contributed by atoms with van der Waals surface area (Å²) in [6, 6.07) is 5.49. The van der Waals surface area contributed by atoms with Crippen molar-refractivity contribution in [1.82, 2.24) is 25.1 Å². The second kappa shape index (κ2) is 22.9. The number of carbonyl (C=O) groups excluding carboxylic acids is 2. The average Bonchev–Trinajstić information content (AvgIpc) is 3.44. The Morgan fingerprint density at radius 2 is 1.80 bits per heavy atom. The van der Waals surface area contributed by atoms with Crippen LogP contribution in [0, 0.1) is 0 Å². The van der Waals surface area contributed by atoms with Crippen LogP contribution >= 0.6 is 11.6 Å². The highest BCUT2D eigenvalue weighted by Gasteiger charge is 2.24. The molecule has 0 radical (unpaired) electrons. The van der Waals surface area contributed by atoms with Crippen LogP contribution in [-0.2, 0) is 23.0 Å². The zero-order valence-electron chi connectivity index (χ0n) is 29.5. The Bertz CT molecular complexity index is 1230. The predicted octanol–water partition coefficient (Wildman–Crippen LogP) is 7.58. The summed E-state index contributed by atoms with van der Waals surface area (Å²) in [5, 5.41) is 6.98. The van der Waals surface area contributed by atoms with Crippen molar-refractivity contribution in [3.8, 4) is 0 Å². The van der Waals surface area contributed by atoms with Crippen molar-refractivity contribution >= 4 is 29.2 Å². The summed E-state index contributed by atoms with van der Waals surface area (Å²) in [5.41, 5.74) is 9.17. The topological polar surface area (TPSA) is 115 Å². The number of allylic oxidation sites excluding steroid dienone is 1. The van der Waals surface area contributed by atoms with E-state index in [0.29, 0.717) is 11.4 Å². The minimum absolute atomic E-state index is 0.0136. The van der Waals surface area contributed by atoms with Gasteiger partial charge in [-0.2, -0.15) is 0 Å². The summed E-state index contributed by atoms with van der Waals surface area (Å²) >= 11 is 6.30. The Morgan fingerprint density at radius 1 is 1.20 bits per heavy atom. The maximum Gasteiger partial charge on any atom is 0.410 e. The van der Waals surface area contributed by atoms with Gasteiger partial charge in [-0.3, -0.25) is 4.79 Å². The van der Waals surface area contributed by atoms with Crippen LogP contribution in [-0.4, -0.2) is 58.2 Å². The summed E-state index contributed by atoms with van der Waals surface area (Å²) in [7, 11) is 1.92. The molecule has 2 heterocycles. The predicted molar refractivity (Wildman–Crippen MR) is 194 cm³/mol. The number of rotatable bonds is 10. The van der Waals surface area contributed by atoms with E-state index in [1.165, 1.54) is 6.20 Å². The first kappa shape index (κ1) is 42.4. The molecule has 1 aliphatic heterocycles. The number of imidazole rings is 1. The van der Waals surface area contributed by atoms with Gasteiger partial charge in [-0.05, 0) is 82.0 Å². The summed E-state index contributed by atoms with van der Waals surface area (Å²) in [6.45, 7) is 28.4. The standard InChI is InChI=1S/C23H30ClN3O.C9H18N2O2.C2H5N.C2H6/c1-6-7-8-22(28)26-23(21-14-25-15-27(21)5)17(4)20-13-19(24)12-11-18(20)10-9-16(2)3;1-9(2,3)13-8(12)11-6-4-10-5-7-11;1-2-3;1-2/h11-15,23H,2,4,6-10H2,1,3,5H3,(H,26,28);10H,4-7H2,1-3H3;2H,1,3H2;1-2H3/t23-;;;/m1.../s1. The molecule has 10 heteroatoms. The van der Waals surface area contributed by atoms with Gasteiger partial charge >= 0.3 is 6.09 Å². The molecule has 1 aromatic carbocycles. The molecule has 1 saturated heterocycles. The molecule has 1 fully saturated rings. The number of nitrogens with one attached hydrogen (secondary N) is 2. The Kier molecular flexibility index (Phi) is 21.1. The second-order valence-electron chi connectivity index (χ2n) is 11.8. The molecular formula is C36H59ClN6O3. The molecule has 1 aliphatic rings. The van der Waals surface area contributed by atoms with Crippen molar-refractivity contribution in [2.75, 3.05) is 26.2 Å². The number of aryl methyl sites for hydroxylation is 2. The van der Waals surface area contributed by atoms with E-state index >= 15 is 0 Å². The van der Waals surface area contributed by atoms with E-state index in [-0.39, 0.29) is 23.6 Å². The number of hydrogen-bond donors (Lipinski definition) is 3. The molecule has 0 aliphatic carbocycles. The van der Waals surface area contributed by atoms with Crippen LogP contribution in [0.2, 0.25) is 5.02 Å². The van der Waals surface area contributed by atoms with E-state index in [1.807, 2.05) is 71.4 Å². The number of benzene rings is 1. The fourth-order valence-corrected chi connectivity index (χ4v) is 4.47. The van der Waals surface area contributed by atoms with Gasteiger partial charge in [-0.15, -0.1) is 6.58 Å². The highest BCUT2D eigenvalue weighted by molar-refractivity contribution is 6.30. The molecule has 3 rings (SSSR count). The lowest BCUT2D eigenvalue weighted by Gasteiger charge is -2.30. The largest absolute Gasteiger partial charge is 0.444 e. The zero-order valence-corrected chi connectivity index (χ0v) is 30.3. The minimum Gasteiger partial charge on any atom is -0.444 e. The maximum atomic E-state index is 12.5. The molecule has 0 saturated carbocycles. The Hall–Kier alpha value is -3.56. The third-order valence-corrected chi connectivity index (χ3v) is 6.80. The van der Waals surface area contributed by atoms with E-state index in [1.54, 1.807) is 17.4 Å². The highest BCUT2D eigenvalue weighted by Crippen LogP contribution is 2.33. The third-order valence-electron chi connectivity index (χ3n) is 6.57. The highest BCUT2D eigenvalue weighted by atomic mass is 35.5. The van der Waals surface area contributed by atoms with Gasteiger partial charge in [0.25, 0.3) is 0 Å². The van der Waals surface area contributed by atoms with E-state index in [2.05, 4.69) is 48.0 Å². The van der Waals surface area contributed by atoms with Gasteiger partial charge in [-0.1, -0.05) is 63.6 Å².